The van der Waals surface area contributed by atoms with Crippen molar-refractivity contribution in [2.75, 3.05) is 0 Å². The fraction of sp³-hybridized carbons (Fsp3) is 0.214. The normalized spacial score (nSPS) is 11.0. The molecule has 3 heterocycles. The van der Waals surface area contributed by atoms with Crippen molar-refractivity contribution in [3.8, 4) is 0 Å². The Morgan fingerprint density at radius 3 is 2.79 bits per heavy atom. The number of hydrogen-bond donors (Lipinski definition) is 1. The lowest BCUT2D eigenvalue weighted by Gasteiger charge is -2.01. The van der Waals surface area contributed by atoms with Crippen LogP contribution in [0.5, 0.6) is 0 Å². The van der Waals surface area contributed by atoms with Gasteiger partial charge in [-0.05, 0) is 19.1 Å². The Bertz CT molecular complexity index is 639. The molecule has 0 saturated heterocycles. The summed E-state index contributed by atoms with van der Waals surface area (Å²) in [4.78, 5) is 13.0. The number of hydrogen-bond acceptors (Lipinski definition) is 4. The minimum Gasteiger partial charge on any atom is -0.307 e. The highest BCUT2D eigenvalue weighted by molar-refractivity contribution is 5.39. The molecule has 0 aromatic carbocycles. The van der Waals surface area contributed by atoms with Gasteiger partial charge in [-0.25, -0.2) is 4.98 Å². The van der Waals surface area contributed by atoms with Gasteiger partial charge in [-0.2, -0.15) is 0 Å². The van der Waals surface area contributed by atoms with Crippen LogP contribution in [0.15, 0.2) is 43.0 Å². The molecule has 0 amide bonds. The quantitative estimate of drug-likeness (QED) is 0.769. The zero-order valence-electron chi connectivity index (χ0n) is 10.7. The predicted molar refractivity (Wildman–Crippen MR) is 72.5 cm³/mol. The smallest absolute Gasteiger partial charge is 0.137 e. The summed E-state index contributed by atoms with van der Waals surface area (Å²) in [6.45, 7) is 3.35. The minimum atomic E-state index is 0.696. The molecule has 5 heteroatoms. The fourth-order valence-electron chi connectivity index (χ4n) is 1.90. The lowest BCUT2D eigenvalue weighted by molar-refractivity contribution is 0.666. The van der Waals surface area contributed by atoms with Gasteiger partial charge in [0, 0.05) is 37.9 Å². The van der Waals surface area contributed by atoms with Crippen molar-refractivity contribution in [2.45, 2.75) is 20.0 Å². The van der Waals surface area contributed by atoms with Gasteiger partial charge in [0.25, 0.3) is 0 Å². The summed E-state index contributed by atoms with van der Waals surface area (Å²) in [7, 11) is 0. The molecule has 0 saturated carbocycles. The van der Waals surface area contributed by atoms with Crippen LogP contribution in [0.1, 0.15) is 17.1 Å². The summed E-state index contributed by atoms with van der Waals surface area (Å²) in [5, 5.41) is 3.32. The minimum absolute atomic E-state index is 0.696. The standard InChI is InChI=1S/C14H15N5/c1-11-6-17-12(9-16-11)7-15-8-13-10-19-5-3-2-4-14(19)18-13/h2-6,9-10,15H,7-8H2,1H3. The maximum atomic E-state index is 4.52. The molecule has 0 fully saturated rings. The van der Waals surface area contributed by atoms with Gasteiger partial charge < -0.3 is 9.72 Å². The molecular formula is C14H15N5. The van der Waals surface area contributed by atoms with Crippen LogP contribution in [-0.2, 0) is 13.1 Å². The number of rotatable bonds is 4. The average Bonchev–Trinajstić information content (AvgIpc) is 2.83. The summed E-state index contributed by atoms with van der Waals surface area (Å²) in [5.74, 6) is 0. The van der Waals surface area contributed by atoms with Gasteiger partial charge in [-0.1, -0.05) is 6.07 Å². The molecule has 5 nitrogen and oxygen atoms in total. The van der Waals surface area contributed by atoms with Crippen LogP contribution >= 0.6 is 0 Å². The first-order chi connectivity index (χ1) is 9.31. The highest BCUT2D eigenvalue weighted by Crippen LogP contribution is 2.04. The zero-order valence-corrected chi connectivity index (χ0v) is 10.7. The molecule has 1 N–H and O–H groups in total. The molecule has 0 unspecified atom stereocenters. The molecule has 0 spiro atoms. The van der Waals surface area contributed by atoms with Crippen molar-refractivity contribution in [1.29, 1.82) is 0 Å². The second-order valence-electron chi connectivity index (χ2n) is 4.45. The number of aryl methyl sites for hydroxylation is 1. The molecular weight excluding hydrogens is 238 g/mol. The van der Waals surface area contributed by atoms with Crippen LogP contribution in [0, 0.1) is 6.92 Å². The van der Waals surface area contributed by atoms with Gasteiger partial charge in [0.05, 0.1) is 17.1 Å². The topological polar surface area (TPSA) is 55.1 Å². The third-order valence-electron chi connectivity index (χ3n) is 2.86. The molecule has 96 valence electrons. The van der Waals surface area contributed by atoms with E-state index in [-0.39, 0.29) is 0 Å². The highest BCUT2D eigenvalue weighted by atomic mass is 15.0. The van der Waals surface area contributed by atoms with Crippen LogP contribution in [0.4, 0.5) is 0 Å². The number of pyridine rings is 1. The van der Waals surface area contributed by atoms with Crippen molar-refractivity contribution in [3.63, 3.8) is 0 Å². The van der Waals surface area contributed by atoms with E-state index in [2.05, 4.69) is 20.3 Å². The lowest BCUT2D eigenvalue weighted by atomic mass is 10.4. The van der Waals surface area contributed by atoms with E-state index in [9.17, 15) is 0 Å². The van der Waals surface area contributed by atoms with Gasteiger partial charge in [-0.3, -0.25) is 9.97 Å². The number of imidazole rings is 1. The first-order valence-electron chi connectivity index (χ1n) is 6.22. The first-order valence-corrected chi connectivity index (χ1v) is 6.22. The van der Waals surface area contributed by atoms with Gasteiger partial charge in [0.2, 0.25) is 0 Å². The van der Waals surface area contributed by atoms with E-state index in [1.165, 1.54) is 0 Å². The van der Waals surface area contributed by atoms with Crippen molar-refractivity contribution in [1.82, 2.24) is 24.7 Å². The highest BCUT2D eigenvalue weighted by Gasteiger charge is 2.01. The number of nitrogens with zero attached hydrogens (tertiary/aromatic N) is 4. The molecule has 3 aromatic heterocycles. The van der Waals surface area contributed by atoms with E-state index >= 15 is 0 Å². The summed E-state index contributed by atoms with van der Waals surface area (Å²) in [6, 6.07) is 5.98. The van der Waals surface area contributed by atoms with Crippen molar-refractivity contribution in [2.24, 2.45) is 0 Å². The second-order valence-corrected chi connectivity index (χ2v) is 4.45. The van der Waals surface area contributed by atoms with E-state index in [1.807, 2.05) is 41.9 Å². The first kappa shape index (κ1) is 11.8. The molecule has 0 aliphatic heterocycles. The molecule has 0 radical (unpaired) electrons. The summed E-state index contributed by atoms with van der Waals surface area (Å²) >= 11 is 0. The summed E-state index contributed by atoms with van der Waals surface area (Å²) in [6.07, 6.45) is 7.61. The van der Waals surface area contributed by atoms with Crippen molar-refractivity contribution < 1.29 is 0 Å². The van der Waals surface area contributed by atoms with Crippen LogP contribution in [0.25, 0.3) is 5.65 Å². The molecule has 19 heavy (non-hydrogen) atoms. The Kier molecular flexibility index (Phi) is 3.20. The maximum Gasteiger partial charge on any atom is 0.137 e. The summed E-state index contributed by atoms with van der Waals surface area (Å²) < 4.78 is 2.02. The monoisotopic (exact) mass is 253 g/mol. The van der Waals surface area contributed by atoms with Crippen LogP contribution in [0.2, 0.25) is 0 Å². The number of aromatic nitrogens is 4. The van der Waals surface area contributed by atoms with Gasteiger partial charge in [0.1, 0.15) is 5.65 Å². The van der Waals surface area contributed by atoms with Crippen molar-refractivity contribution in [3.05, 3.63) is 60.1 Å². The Hall–Kier alpha value is -2.27. The van der Waals surface area contributed by atoms with Gasteiger partial charge >= 0.3 is 0 Å². The third kappa shape index (κ3) is 2.77. The maximum absolute atomic E-state index is 4.52. The van der Waals surface area contributed by atoms with E-state index in [0.717, 1.165) is 29.3 Å². The van der Waals surface area contributed by atoms with Gasteiger partial charge in [0.15, 0.2) is 0 Å². The number of nitrogens with one attached hydrogen (secondary N) is 1. The predicted octanol–water partition coefficient (Wildman–Crippen LogP) is 1.72. The Morgan fingerprint density at radius 2 is 2.00 bits per heavy atom. The second kappa shape index (κ2) is 5.16. The fourth-order valence-corrected chi connectivity index (χ4v) is 1.90. The Balaban J connectivity index is 1.61. The van der Waals surface area contributed by atoms with Crippen LogP contribution < -0.4 is 5.32 Å². The molecule has 0 bridgehead atoms. The van der Waals surface area contributed by atoms with E-state index in [0.29, 0.717) is 6.54 Å². The molecule has 3 rings (SSSR count). The van der Waals surface area contributed by atoms with Crippen LogP contribution in [0.3, 0.4) is 0 Å². The largest absolute Gasteiger partial charge is 0.307 e. The Labute approximate surface area is 111 Å². The molecule has 0 aliphatic rings. The van der Waals surface area contributed by atoms with E-state index in [1.54, 1.807) is 12.4 Å². The van der Waals surface area contributed by atoms with Crippen LogP contribution in [-0.4, -0.2) is 19.4 Å². The Morgan fingerprint density at radius 1 is 1.11 bits per heavy atom. The molecule has 3 aromatic rings. The van der Waals surface area contributed by atoms with E-state index in [4.69, 9.17) is 0 Å². The van der Waals surface area contributed by atoms with Crippen molar-refractivity contribution >= 4 is 5.65 Å². The lowest BCUT2D eigenvalue weighted by Crippen LogP contribution is -2.14. The SMILES string of the molecule is Cc1cnc(CNCc2cn3ccccc3n2)cn1. The zero-order chi connectivity index (χ0) is 13.1. The third-order valence-corrected chi connectivity index (χ3v) is 2.86. The number of fused-ring (bicyclic) bond motifs is 1. The molecule has 0 aliphatic carbocycles. The molecule has 0 atom stereocenters. The van der Waals surface area contributed by atoms with Gasteiger partial charge in [-0.15, -0.1) is 0 Å². The average molecular weight is 253 g/mol. The summed E-state index contributed by atoms with van der Waals surface area (Å²) in [5.41, 5.74) is 3.86. The van der Waals surface area contributed by atoms with E-state index < -0.39 is 0 Å².